The molecule has 0 radical (unpaired) electrons. The molecule has 2 aromatic carbocycles. The van der Waals surface area contributed by atoms with E-state index < -0.39 is 0 Å². The van der Waals surface area contributed by atoms with E-state index in [9.17, 15) is 9.59 Å². The van der Waals surface area contributed by atoms with Gasteiger partial charge >= 0.3 is 0 Å². The average Bonchev–Trinajstić information content (AvgIpc) is 2.47. The highest BCUT2D eigenvalue weighted by Gasteiger charge is 2.17. The number of nitrogens with one attached hydrogen (secondary N) is 2. The van der Waals surface area contributed by atoms with Crippen LogP contribution in [-0.4, -0.2) is 17.6 Å². The van der Waals surface area contributed by atoms with E-state index in [2.05, 4.69) is 10.6 Å². The molecule has 0 fully saturated rings. The first-order chi connectivity index (χ1) is 9.72. The number of hydrogen-bond donors (Lipinski definition) is 2. The summed E-state index contributed by atoms with van der Waals surface area (Å²) >= 11 is 1.48. The van der Waals surface area contributed by atoms with Gasteiger partial charge in [-0.15, -0.1) is 11.8 Å². The lowest BCUT2D eigenvalue weighted by molar-refractivity contribution is -0.113. The number of fused-ring (bicyclic) bond motifs is 1. The Labute approximate surface area is 120 Å². The molecule has 3 rings (SSSR count). The lowest BCUT2D eigenvalue weighted by Gasteiger charge is -2.16. The third-order valence-electron chi connectivity index (χ3n) is 2.91. The molecule has 5 heteroatoms. The first-order valence-corrected chi connectivity index (χ1v) is 7.14. The molecule has 1 aliphatic rings. The minimum absolute atomic E-state index is 0.0388. The van der Waals surface area contributed by atoms with Gasteiger partial charge in [-0.05, 0) is 30.3 Å². The van der Waals surface area contributed by atoms with Crippen molar-refractivity contribution in [2.45, 2.75) is 4.90 Å². The van der Waals surface area contributed by atoms with Gasteiger partial charge in [-0.2, -0.15) is 0 Å². The van der Waals surface area contributed by atoms with Gasteiger partial charge in [-0.3, -0.25) is 9.59 Å². The van der Waals surface area contributed by atoms with Crippen LogP contribution in [0.1, 0.15) is 10.4 Å². The number of anilines is 2. The van der Waals surface area contributed by atoms with E-state index in [4.69, 9.17) is 0 Å². The van der Waals surface area contributed by atoms with Crippen molar-refractivity contribution in [3.8, 4) is 0 Å². The number of carbonyl (C=O) groups excluding carboxylic acids is 2. The van der Waals surface area contributed by atoms with Crippen molar-refractivity contribution < 1.29 is 9.59 Å². The van der Waals surface area contributed by atoms with E-state index in [1.165, 1.54) is 11.8 Å². The van der Waals surface area contributed by atoms with Crippen molar-refractivity contribution in [2.24, 2.45) is 0 Å². The van der Waals surface area contributed by atoms with Crippen LogP contribution in [0.2, 0.25) is 0 Å². The van der Waals surface area contributed by atoms with Gasteiger partial charge in [0.1, 0.15) is 0 Å². The number of amides is 2. The van der Waals surface area contributed by atoms with E-state index in [1.807, 2.05) is 36.4 Å². The molecule has 2 N–H and O–H groups in total. The molecule has 0 bridgehead atoms. The molecule has 0 unspecified atom stereocenters. The van der Waals surface area contributed by atoms with Crippen LogP contribution in [0.4, 0.5) is 11.4 Å². The van der Waals surface area contributed by atoms with Crippen LogP contribution >= 0.6 is 11.8 Å². The van der Waals surface area contributed by atoms with Crippen molar-refractivity contribution in [3.05, 3.63) is 54.1 Å². The smallest absolute Gasteiger partial charge is 0.255 e. The summed E-state index contributed by atoms with van der Waals surface area (Å²) in [4.78, 5) is 24.5. The highest BCUT2D eigenvalue weighted by atomic mass is 32.2. The van der Waals surface area contributed by atoms with Gasteiger partial charge < -0.3 is 10.6 Å². The minimum atomic E-state index is -0.191. The summed E-state index contributed by atoms with van der Waals surface area (Å²) in [5.74, 6) is 0.190. The molecule has 0 aliphatic carbocycles. The first-order valence-electron chi connectivity index (χ1n) is 6.15. The largest absolute Gasteiger partial charge is 0.324 e. The SMILES string of the molecule is O=C1CSc2ccc(C(=O)Nc3ccccc3)cc2N1. The van der Waals surface area contributed by atoms with Gasteiger partial charge in [0, 0.05) is 16.1 Å². The van der Waals surface area contributed by atoms with E-state index in [1.54, 1.807) is 12.1 Å². The Kier molecular flexibility index (Phi) is 3.43. The van der Waals surface area contributed by atoms with Crippen molar-refractivity contribution in [2.75, 3.05) is 16.4 Å². The van der Waals surface area contributed by atoms with E-state index in [-0.39, 0.29) is 11.8 Å². The molecule has 2 amide bonds. The molecule has 0 atom stereocenters. The average molecular weight is 284 g/mol. The Hall–Kier alpha value is -2.27. The summed E-state index contributed by atoms with van der Waals surface area (Å²) in [5, 5.41) is 5.60. The van der Waals surface area contributed by atoms with Gasteiger partial charge in [0.15, 0.2) is 0 Å². The summed E-state index contributed by atoms with van der Waals surface area (Å²) in [6.07, 6.45) is 0. The number of carbonyl (C=O) groups is 2. The number of para-hydroxylation sites is 1. The first kappa shape index (κ1) is 12.7. The third kappa shape index (κ3) is 2.67. The zero-order chi connectivity index (χ0) is 13.9. The molecule has 100 valence electrons. The second-order valence-corrected chi connectivity index (χ2v) is 5.39. The van der Waals surface area contributed by atoms with Crippen molar-refractivity contribution in [3.63, 3.8) is 0 Å². The van der Waals surface area contributed by atoms with Crippen LogP contribution in [0.5, 0.6) is 0 Å². The molecule has 2 aromatic rings. The maximum absolute atomic E-state index is 12.2. The number of thioether (sulfide) groups is 1. The van der Waals surface area contributed by atoms with Crippen molar-refractivity contribution in [1.29, 1.82) is 0 Å². The second-order valence-electron chi connectivity index (χ2n) is 4.37. The number of hydrogen-bond acceptors (Lipinski definition) is 3. The summed E-state index contributed by atoms with van der Waals surface area (Å²) in [7, 11) is 0. The molecule has 0 spiro atoms. The van der Waals surface area contributed by atoms with Crippen molar-refractivity contribution in [1.82, 2.24) is 0 Å². The molecule has 4 nitrogen and oxygen atoms in total. The Balaban J connectivity index is 1.82. The Morgan fingerprint density at radius 3 is 2.75 bits per heavy atom. The van der Waals surface area contributed by atoms with E-state index >= 15 is 0 Å². The Bertz CT molecular complexity index is 671. The van der Waals surface area contributed by atoms with Gasteiger partial charge in [-0.1, -0.05) is 18.2 Å². The van der Waals surface area contributed by atoms with Crippen LogP contribution < -0.4 is 10.6 Å². The van der Waals surface area contributed by atoms with Gasteiger partial charge in [0.25, 0.3) is 5.91 Å². The standard InChI is InChI=1S/C15H12N2O2S/c18-14-9-20-13-7-6-10(8-12(13)17-14)15(19)16-11-4-2-1-3-5-11/h1-8H,9H2,(H,16,19)(H,17,18). The highest BCUT2D eigenvalue weighted by molar-refractivity contribution is 8.00. The molecule has 0 aromatic heterocycles. The van der Waals surface area contributed by atoms with Gasteiger partial charge in [-0.25, -0.2) is 0 Å². The summed E-state index contributed by atoms with van der Waals surface area (Å²) in [6.45, 7) is 0. The van der Waals surface area contributed by atoms with Crippen LogP contribution in [0.3, 0.4) is 0 Å². The Morgan fingerprint density at radius 1 is 1.15 bits per heavy atom. The van der Waals surface area contributed by atoms with E-state index in [0.717, 1.165) is 10.6 Å². The highest BCUT2D eigenvalue weighted by Crippen LogP contribution is 2.32. The molecule has 0 saturated carbocycles. The summed E-state index contributed by atoms with van der Waals surface area (Å²) in [5.41, 5.74) is 1.97. The van der Waals surface area contributed by atoms with Gasteiger partial charge in [0.05, 0.1) is 11.4 Å². The summed E-state index contributed by atoms with van der Waals surface area (Å²) < 4.78 is 0. The summed E-state index contributed by atoms with van der Waals surface area (Å²) in [6, 6.07) is 14.6. The molecule has 1 heterocycles. The molecule has 20 heavy (non-hydrogen) atoms. The van der Waals surface area contributed by atoms with Crippen LogP contribution in [-0.2, 0) is 4.79 Å². The molecule has 1 aliphatic heterocycles. The Morgan fingerprint density at radius 2 is 1.95 bits per heavy atom. The van der Waals surface area contributed by atoms with Crippen molar-refractivity contribution >= 4 is 35.0 Å². The van der Waals surface area contributed by atoms with Crippen LogP contribution in [0.25, 0.3) is 0 Å². The maximum atomic E-state index is 12.2. The topological polar surface area (TPSA) is 58.2 Å². The normalized spacial score (nSPS) is 13.3. The third-order valence-corrected chi connectivity index (χ3v) is 3.98. The lowest BCUT2D eigenvalue weighted by atomic mass is 10.1. The van der Waals surface area contributed by atoms with Crippen LogP contribution in [0.15, 0.2) is 53.4 Å². The zero-order valence-electron chi connectivity index (χ0n) is 10.6. The second kappa shape index (κ2) is 5.38. The quantitative estimate of drug-likeness (QED) is 0.891. The lowest BCUT2D eigenvalue weighted by Crippen LogP contribution is -2.19. The fourth-order valence-corrected chi connectivity index (χ4v) is 2.74. The van der Waals surface area contributed by atoms with Gasteiger partial charge in [0.2, 0.25) is 5.91 Å². The predicted octanol–water partition coefficient (Wildman–Crippen LogP) is 2.98. The van der Waals surface area contributed by atoms with Crippen LogP contribution in [0, 0.1) is 0 Å². The number of benzene rings is 2. The monoisotopic (exact) mass is 284 g/mol. The minimum Gasteiger partial charge on any atom is -0.324 e. The number of rotatable bonds is 2. The predicted molar refractivity (Wildman–Crippen MR) is 80.2 cm³/mol. The zero-order valence-corrected chi connectivity index (χ0v) is 11.4. The molecule has 0 saturated heterocycles. The van der Waals surface area contributed by atoms with E-state index in [0.29, 0.717) is 17.0 Å². The fraction of sp³-hybridized carbons (Fsp3) is 0.0667. The molecular formula is C15H12N2O2S. The maximum Gasteiger partial charge on any atom is 0.255 e. The fourth-order valence-electron chi connectivity index (χ4n) is 1.95. The molecular weight excluding hydrogens is 272 g/mol.